The summed E-state index contributed by atoms with van der Waals surface area (Å²) >= 11 is 0. The number of carbonyl (C=O) groups excluding carboxylic acids is 1. The van der Waals surface area contributed by atoms with Gasteiger partial charge in [-0.15, -0.1) is 0 Å². The standard InChI is InChI=1S/C24H36N4O2/c1-24(2)18-19-6-5-9-21(22(19)30-24)26-13-10-25(11-14-26)12-15-27-16-17-28(23(27)29)20-7-3-4-8-20/h5-6,9,20H,3-4,7-8,10-18H2,1-2H3. The number of anilines is 1. The molecular formula is C24H36N4O2. The Balaban J connectivity index is 1.12. The maximum atomic E-state index is 12.8. The Hall–Kier alpha value is -1.95. The van der Waals surface area contributed by atoms with Crippen molar-refractivity contribution in [2.45, 2.75) is 57.6 Å². The smallest absolute Gasteiger partial charge is 0.320 e. The van der Waals surface area contributed by atoms with Crippen LogP contribution in [0.2, 0.25) is 0 Å². The summed E-state index contributed by atoms with van der Waals surface area (Å²) < 4.78 is 6.28. The van der Waals surface area contributed by atoms with Gasteiger partial charge in [-0.2, -0.15) is 0 Å². The van der Waals surface area contributed by atoms with E-state index in [2.05, 4.69) is 51.6 Å². The van der Waals surface area contributed by atoms with Gasteiger partial charge in [0.15, 0.2) is 0 Å². The van der Waals surface area contributed by atoms with E-state index in [0.29, 0.717) is 6.04 Å². The first-order chi connectivity index (χ1) is 14.5. The van der Waals surface area contributed by atoms with Crippen LogP contribution in [0.15, 0.2) is 18.2 Å². The molecule has 3 fully saturated rings. The van der Waals surface area contributed by atoms with Crippen LogP contribution in [0.1, 0.15) is 45.1 Å². The molecule has 0 bridgehead atoms. The lowest BCUT2D eigenvalue weighted by atomic mass is 10.0. The van der Waals surface area contributed by atoms with Crippen LogP contribution < -0.4 is 9.64 Å². The van der Waals surface area contributed by atoms with Gasteiger partial charge in [-0.3, -0.25) is 4.90 Å². The van der Waals surface area contributed by atoms with Crippen LogP contribution in [0.25, 0.3) is 0 Å². The number of urea groups is 1. The number of hydrogen-bond acceptors (Lipinski definition) is 4. The molecule has 1 aromatic carbocycles. The molecule has 1 saturated carbocycles. The van der Waals surface area contributed by atoms with Gasteiger partial charge >= 0.3 is 6.03 Å². The van der Waals surface area contributed by atoms with Crippen molar-refractivity contribution in [3.8, 4) is 5.75 Å². The summed E-state index contributed by atoms with van der Waals surface area (Å²) in [6.07, 6.45) is 5.95. The summed E-state index contributed by atoms with van der Waals surface area (Å²) in [5.74, 6) is 1.09. The average Bonchev–Trinajstić information content (AvgIpc) is 3.44. The fraction of sp³-hybridized carbons (Fsp3) is 0.708. The molecular weight excluding hydrogens is 376 g/mol. The molecule has 2 amide bonds. The summed E-state index contributed by atoms with van der Waals surface area (Å²) in [5.41, 5.74) is 2.48. The first-order valence-corrected chi connectivity index (χ1v) is 11.8. The van der Waals surface area contributed by atoms with Gasteiger partial charge in [0, 0.05) is 70.4 Å². The number of nitrogens with zero attached hydrogens (tertiary/aromatic N) is 4. The molecule has 0 atom stereocenters. The lowest BCUT2D eigenvalue weighted by molar-refractivity contribution is 0.138. The van der Waals surface area contributed by atoms with Gasteiger partial charge in [0.2, 0.25) is 0 Å². The van der Waals surface area contributed by atoms with Crippen LogP contribution in [0, 0.1) is 0 Å². The van der Waals surface area contributed by atoms with Crippen molar-refractivity contribution in [2.75, 3.05) is 57.3 Å². The molecule has 2 saturated heterocycles. The molecule has 0 spiro atoms. The van der Waals surface area contributed by atoms with Gasteiger partial charge in [0.1, 0.15) is 11.4 Å². The number of hydrogen-bond donors (Lipinski definition) is 0. The van der Waals surface area contributed by atoms with Gasteiger partial charge in [0.05, 0.1) is 5.69 Å². The number of rotatable bonds is 5. The summed E-state index contributed by atoms with van der Waals surface area (Å²) in [7, 11) is 0. The van der Waals surface area contributed by atoms with Crippen LogP contribution in [0.3, 0.4) is 0 Å². The average molecular weight is 413 g/mol. The van der Waals surface area contributed by atoms with Crippen molar-refractivity contribution < 1.29 is 9.53 Å². The van der Waals surface area contributed by atoms with Gasteiger partial charge in [-0.1, -0.05) is 25.0 Å². The Labute approximate surface area is 180 Å². The van der Waals surface area contributed by atoms with E-state index in [9.17, 15) is 4.79 Å². The fourth-order valence-corrected chi connectivity index (χ4v) is 5.69. The van der Waals surface area contributed by atoms with E-state index < -0.39 is 0 Å². The van der Waals surface area contributed by atoms with Gasteiger partial charge in [-0.25, -0.2) is 4.79 Å². The van der Waals surface area contributed by atoms with Crippen LogP contribution >= 0.6 is 0 Å². The van der Waals surface area contributed by atoms with E-state index in [-0.39, 0.29) is 11.6 Å². The number of carbonyl (C=O) groups is 1. The minimum absolute atomic E-state index is 0.102. The van der Waals surface area contributed by atoms with Crippen molar-refractivity contribution in [1.82, 2.24) is 14.7 Å². The van der Waals surface area contributed by atoms with Crippen LogP contribution in [-0.2, 0) is 6.42 Å². The molecule has 5 rings (SSSR count). The summed E-state index contributed by atoms with van der Waals surface area (Å²) in [5, 5.41) is 0. The number of fused-ring (bicyclic) bond motifs is 1. The minimum atomic E-state index is -0.102. The van der Waals surface area contributed by atoms with E-state index in [0.717, 1.165) is 64.5 Å². The Morgan fingerprint density at radius 3 is 2.53 bits per heavy atom. The van der Waals surface area contributed by atoms with Crippen molar-refractivity contribution in [3.63, 3.8) is 0 Å². The maximum absolute atomic E-state index is 12.8. The first kappa shape index (κ1) is 20.0. The summed E-state index contributed by atoms with van der Waals surface area (Å²) in [6, 6.07) is 7.36. The summed E-state index contributed by atoms with van der Waals surface area (Å²) in [4.78, 5) is 22.0. The van der Waals surface area contributed by atoms with Crippen LogP contribution in [-0.4, -0.2) is 84.7 Å². The van der Waals surface area contributed by atoms with Crippen molar-refractivity contribution in [2.24, 2.45) is 0 Å². The molecule has 0 aromatic heterocycles. The maximum Gasteiger partial charge on any atom is 0.320 e. The zero-order valence-corrected chi connectivity index (χ0v) is 18.6. The van der Waals surface area contributed by atoms with E-state index in [4.69, 9.17) is 4.74 Å². The van der Waals surface area contributed by atoms with Gasteiger partial charge < -0.3 is 19.4 Å². The zero-order chi connectivity index (χ0) is 20.7. The van der Waals surface area contributed by atoms with Gasteiger partial charge in [0.25, 0.3) is 0 Å². The quantitative estimate of drug-likeness (QED) is 0.745. The Morgan fingerprint density at radius 1 is 1.00 bits per heavy atom. The highest BCUT2D eigenvalue weighted by Crippen LogP contribution is 2.42. The molecule has 4 aliphatic rings. The van der Waals surface area contributed by atoms with Crippen LogP contribution in [0.5, 0.6) is 5.75 Å². The molecule has 6 heteroatoms. The summed E-state index contributed by atoms with van der Waals surface area (Å²) in [6.45, 7) is 12.1. The highest BCUT2D eigenvalue weighted by atomic mass is 16.5. The molecule has 0 N–H and O–H groups in total. The molecule has 1 aromatic rings. The lowest BCUT2D eigenvalue weighted by Gasteiger charge is -2.37. The number of benzene rings is 1. The zero-order valence-electron chi connectivity index (χ0n) is 18.6. The van der Waals surface area contributed by atoms with Crippen LogP contribution in [0.4, 0.5) is 10.5 Å². The minimum Gasteiger partial charge on any atom is -0.485 e. The normalized spacial score (nSPS) is 24.6. The van der Waals surface area contributed by atoms with Gasteiger partial charge in [-0.05, 0) is 32.8 Å². The second-order valence-corrected chi connectivity index (χ2v) is 10.0. The third-order valence-corrected chi connectivity index (χ3v) is 7.36. The van der Waals surface area contributed by atoms with Crippen molar-refractivity contribution in [1.29, 1.82) is 0 Å². The third kappa shape index (κ3) is 3.86. The molecule has 164 valence electrons. The first-order valence-electron chi connectivity index (χ1n) is 11.8. The molecule has 30 heavy (non-hydrogen) atoms. The molecule has 0 unspecified atom stereocenters. The topological polar surface area (TPSA) is 39.3 Å². The monoisotopic (exact) mass is 412 g/mol. The second-order valence-electron chi connectivity index (χ2n) is 10.0. The van der Waals surface area contributed by atoms with Crippen molar-refractivity contribution in [3.05, 3.63) is 23.8 Å². The number of ether oxygens (including phenoxy) is 1. The van der Waals surface area contributed by atoms with Crippen molar-refractivity contribution >= 4 is 11.7 Å². The van der Waals surface area contributed by atoms with E-state index in [1.165, 1.54) is 36.9 Å². The Kier molecular flexibility index (Phi) is 5.30. The van der Waals surface area contributed by atoms with E-state index >= 15 is 0 Å². The van der Waals surface area contributed by atoms with E-state index in [1.54, 1.807) is 0 Å². The predicted molar refractivity (Wildman–Crippen MR) is 119 cm³/mol. The Bertz CT molecular complexity index is 781. The Morgan fingerprint density at radius 2 is 1.77 bits per heavy atom. The molecule has 3 heterocycles. The van der Waals surface area contributed by atoms with E-state index in [1.807, 2.05) is 0 Å². The number of amides is 2. The predicted octanol–water partition coefficient (Wildman–Crippen LogP) is 3.20. The molecule has 1 aliphatic carbocycles. The molecule has 0 radical (unpaired) electrons. The SMILES string of the molecule is CC1(C)Cc2cccc(N3CCN(CCN4CCN(C5CCCC5)C4=O)CC3)c2O1. The highest BCUT2D eigenvalue weighted by Gasteiger charge is 2.36. The largest absolute Gasteiger partial charge is 0.485 e. The lowest BCUT2D eigenvalue weighted by Crippen LogP contribution is -2.49. The molecule has 6 nitrogen and oxygen atoms in total. The number of piperazine rings is 1. The number of para-hydroxylation sites is 1. The second kappa shape index (κ2) is 7.95. The third-order valence-electron chi connectivity index (χ3n) is 7.36. The fourth-order valence-electron chi connectivity index (χ4n) is 5.69. The molecule has 3 aliphatic heterocycles. The highest BCUT2D eigenvalue weighted by molar-refractivity contribution is 5.77.